The van der Waals surface area contributed by atoms with Gasteiger partial charge in [-0.1, -0.05) is 54.1 Å². The van der Waals surface area contributed by atoms with Crippen molar-refractivity contribution in [2.45, 2.75) is 18.6 Å². The molecule has 2 heterocycles. The molecular formula is C26H20ClF3N3O4P. The van der Waals surface area contributed by atoms with Gasteiger partial charge in [-0.15, -0.1) is 0 Å². The van der Waals surface area contributed by atoms with Crippen LogP contribution in [0.1, 0.15) is 22.3 Å². The molecule has 1 unspecified atom stereocenters. The summed E-state index contributed by atoms with van der Waals surface area (Å²) in [6.45, 7) is 0. The van der Waals surface area contributed by atoms with Gasteiger partial charge >= 0.3 is 14.8 Å². The number of halogens is 4. The maximum Gasteiger partial charge on any atom is 0.416 e. The Kier molecular flexibility index (Phi) is 7.17. The molecule has 38 heavy (non-hydrogen) atoms. The van der Waals surface area contributed by atoms with Crippen LogP contribution < -0.4 is 15.3 Å². The first kappa shape index (κ1) is 26.2. The Hall–Kier alpha value is -3.40. The van der Waals surface area contributed by atoms with Crippen molar-refractivity contribution >= 4 is 37.3 Å². The monoisotopic (exact) mass is 561 g/mol. The number of alkyl halides is 3. The first-order valence-electron chi connectivity index (χ1n) is 11.3. The van der Waals surface area contributed by atoms with E-state index in [1.165, 1.54) is 11.2 Å². The number of hydrogen-bond donors (Lipinski definition) is 4. The minimum atomic E-state index is -4.70. The predicted octanol–water partition coefficient (Wildman–Crippen LogP) is 5.22. The number of amides is 1. The van der Waals surface area contributed by atoms with E-state index in [9.17, 15) is 27.8 Å². The number of benzene rings is 3. The Bertz CT molecular complexity index is 1430. The van der Waals surface area contributed by atoms with Gasteiger partial charge in [0.2, 0.25) is 0 Å². The van der Waals surface area contributed by atoms with Crippen LogP contribution in [0, 0.1) is 0 Å². The van der Waals surface area contributed by atoms with Crippen molar-refractivity contribution in [1.29, 1.82) is 0 Å². The summed E-state index contributed by atoms with van der Waals surface area (Å²) in [6, 6.07) is 19.0. The van der Waals surface area contributed by atoms with Crippen molar-refractivity contribution in [3.63, 3.8) is 0 Å². The summed E-state index contributed by atoms with van der Waals surface area (Å²) in [5, 5.41) is 4.95. The lowest BCUT2D eigenvalue weighted by atomic mass is 9.94. The summed E-state index contributed by atoms with van der Waals surface area (Å²) < 4.78 is 44.7. The highest BCUT2D eigenvalue weighted by Crippen LogP contribution is 2.42. The van der Waals surface area contributed by atoms with Crippen molar-refractivity contribution in [2.75, 3.05) is 0 Å². The van der Waals surface area contributed by atoms with Crippen LogP contribution in [-0.2, 0) is 17.4 Å². The van der Waals surface area contributed by atoms with Crippen LogP contribution in [0.3, 0.4) is 0 Å². The number of carbonyl (C=O) groups is 1. The fourth-order valence-electron chi connectivity index (χ4n) is 4.44. The molecule has 7 nitrogen and oxygen atoms in total. The highest BCUT2D eigenvalue weighted by molar-refractivity contribution is 7.39. The molecule has 0 aromatic heterocycles. The molecule has 3 aromatic rings. The zero-order chi connectivity index (χ0) is 27.0. The van der Waals surface area contributed by atoms with Gasteiger partial charge in [0.15, 0.2) is 0 Å². The minimum Gasteiger partial charge on any atom is -0.426 e. The molecular weight excluding hydrogens is 542 g/mol. The van der Waals surface area contributed by atoms with E-state index in [2.05, 4.69) is 10.7 Å². The second kappa shape index (κ2) is 10.4. The van der Waals surface area contributed by atoms with Crippen molar-refractivity contribution < 1.29 is 32.3 Å². The first-order chi connectivity index (χ1) is 18.1. The molecule has 4 N–H and O–H groups in total. The van der Waals surface area contributed by atoms with Crippen molar-refractivity contribution in [3.05, 3.63) is 112 Å². The average Bonchev–Trinajstić information content (AvgIpc) is 3.23. The molecule has 0 bridgehead atoms. The van der Waals surface area contributed by atoms with Gasteiger partial charge in [0.1, 0.15) is 11.6 Å². The molecule has 0 saturated carbocycles. The number of nitrogens with zero attached hydrogens (tertiary/aromatic N) is 1. The number of rotatable bonds is 6. The van der Waals surface area contributed by atoms with Gasteiger partial charge in [-0.2, -0.15) is 13.2 Å². The quantitative estimate of drug-likeness (QED) is 0.308. The zero-order valence-corrected chi connectivity index (χ0v) is 21.1. The average molecular weight is 562 g/mol. The molecule has 1 amide bonds. The van der Waals surface area contributed by atoms with Gasteiger partial charge in [-0.3, -0.25) is 4.79 Å². The number of carbonyl (C=O) groups excluding carboxylic acids is 1. The zero-order valence-electron chi connectivity index (χ0n) is 19.4. The molecule has 0 radical (unpaired) electrons. The molecule has 0 spiro atoms. The first-order valence-corrected chi connectivity index (χ1v) is 12.8. The van der Waals surface area contributed by atoms with Crippen molar-refractivity contribution in [3.8, 4) is 5.75 Å². The number of hydrazine groups is 1. The van der Waals surface area contributed by atoms with E-state index < -0.39 is 32.0 Å². The van der Waals surface area contributed by atoms with E-state index in [0.29, 0.717) is 23.3 Å². The predicted molar refractivity (Wildman–Crippen MR) is 137 cm³/mol. The molecule has 0 fully saturated rings. The number of nitrogens with one attached hydrogen (secondary N) is 2. The molecule has 2 aliphatic heterocycles. The Labute approximate surface area is 221 Å². The van der Waals surface area contributed by atoms with Crippen LogP contribution >= 0.6 is 20.2 Å². The third-order valence-electron chi connectivity index (χ3n) is 6.12. The third-order valence-corrected chi connectivity index (χ3v) is 6.73. The lowest BCUT2D eigenvalue weighted by molar-refractivity contribution is -0.137. The lowest BCUT2D eigenvalue weighted by Crippen LogP contribution is -2.46. The lowest BCUT2D eigenvalue weighted by Gasteiger charge is -2.27. The topological polar surface area (TPSA) is 94.1 Å². The minimum absolute atomic E-state index is 0.0300. The van der Waals surface area contributed by atoms with E-state index in [1.54, 1.807) is 12.1 Å². The molecule has 0 aliphatic carbocycles. The summed E-state index contributed by atoms with van der Waals surface area (Å²) >= 11 is 6.08. The molecule has 5 rings (SSSR count). The highest BCUT2D eigenvalue weighted by Gasteiger charge is 2.40. The molecule has 12 heteroatoms. The maximum absolute atomic E-state index is 13.7. The summed E-state index contributed by atoms with van der Waals surface area (Å²) in [6.07, 6.45) is -2.79. The van der Waals surface area contributed by atoms with E-state index in [-0.39, 0.29) is 17.2 Å². The highest BCUT2D eigenvalue weighted by atomic mass is 35.5. The van der Waals surface area contributed by atoms with Crippen LogP contribution in [0.15, 0.2) is 84.8 Å². The Morgan fingerprint density at radius 2 is 1.74 bits per heavy atom. The van der Waals surface area contributed by atoms with Gasteiger partial charge in [0.25, 0.3) is 5.91 Å². The summed E-state index contributed by atoms with van der Waals surface area (Å²) in [5.74, 6) is -0.587. The number of hydrogen-bond acceptors (Lipinski definition) is 6. The molecule has 1 atom stereocenters. The fraction of sp³-hybridized carbons (Fsp3) is 0.115. The van der Waals surface area contributed by atoms with Crippen LogP contribution in [0.4, 0.5) is 13.2 Å². The summed E-state index contributed by atoms with van der Waals surface area (Å²) in [4.78, 5) is 32.4. The van der Waals surface area contributed by atoms with Crippen molar-refractivity contribution in [1.82, 2.24) is 15.8 Å². The Morgan fingerprint density at radius 1 is 1.03 bits per heavy atom. The summed E-state index contributed by atoms with van der Waals surface area (Å²) in [5.41, 5.74) is 4.73. The van der Waals surface area contributed by atoms with E-state index in [4.69, 9.17) is 16.1 Å². The Morgan fingerprint density at radius 3 is 2.39 bits per heavy atom. The Balaban J connectivity index is 1.55. The van der Waals surface area contributed by atoms with Gasteiger partial charge in [0, 0.05) is 22.4 Å². The molecule has 0 saturated heterocycles. The van der Waals surface area contributed by atoms with Gasteiger partial charge in [-0.25, -0.2) is 10.4 Å². The molecule has 2 aliphatic rings. The smallest absolute Gasteiger partial charge is 0.416 e. The standard InChI is InChI=1S/C26H20ClF3N3O4P/c27-18-9-6-16(7-10-18)23-21(12-15-4-2-1-3-5-15)32-33-24(23)31-14-20(25(33)34)19-11-8-17(26(28,29)30)13-22(19)37-38(35)36/h1-11,13-14,21,31-32,35-36H,12H2. The SMILES string of the molecule is O=C1C(c2ccc(C(F)(F)F)cc2OP(O)O)=CNC2=C(c3ccc(Cl)cc3)C(Cc3ccccc3)NN12. The van der Waals surface area contributed by atoms with Crippen LogP contribution in [0.2, 0.25) is 5.02 Å². The second-order valence-electron chi connectivity index (χ2n) is 8.54. The fourth-order valence-corrected chi connectivity index (χ4v) is 4.89. The van der Waals surface area contributed by atoms with Gasteiger partial charge < -0.3 is 19.6 Å². The normalized spacial score (nSPS) is 17.4. The molecule has 3 aromatic carbocycles. The third kappa shape index (κ3) is 5.27. The van der Waals surface area contributed by atoms with Crippen LogP contribution in [0.25, 0.3) is 11.1 Å². The van der Waals surface area contributed by atoms with Crippen LogP contribution in [-0.4, -0.2) is 26.7 Å². The number of fused-ring (bicyclic) bond motifs is 1. The molecule has 196 valence electrons. The van der Waals surface area contributed by atoms with E-state index in [1.807, 2.05) is 42.5 Å². The van der Waals surface area contributed by atoms with Crippen LogP contribution in [0.5, 0.6) is 5.75 Å². The van der Waals surface area contributed by atoms with Gasteiger partial charge in [0.05, 0.1) is 17.2 Å². The van der Waals surface area contributed by atoms with E-state index in [0.717, 1.165) is 28.8 Å². The largest absolute Gasteiger partial charge is 0.426 e. The second-order valence-corrected chi connectivity index (χ2v) is 9.66. The van der Waals surface area contributed by atoms with E-state index >= 15 is 0 Å². The van der Waals surface area contributed by atoms with Gasteiger partial charge in [-0.05, 0) is 47.9 Å². The van der Waals surface area contributed by atoms with Crippen molar-refractivity contribution in [2.24, 2.45) is 0 Å². The summed E-state index contributed by atoms with van der Waals surface area (Å²) in [7, 11) is -3.04. The maximum atomic E-state index is 13.7.